The van der Waals surface area contributed by atoms with Gasteiger partial charge >= 0.3 is 0 Å². The van der Waals surface area contributed by atoms with E-state index in [4.69, 9.17) is 0 Å². The van der Waals surface area contributed by atoms with Gasteiger partial charge in [-0.15, -0.1) is 12.4 Å². The van der Waals surface area contributed by atoms with Crippen LogP contribution in [0.3, 0.4) is 0 Å². The molecule has 0 unspecified atom stereocenters. The number of sulfonamides is 1. The summed E-state index contributed by atoms with van der Waals surface area (Å²) >= 11 is 0. The molecule has 0 saturated carbocycles. The Balaban J connectivity index is 0.00000338. The molecular formula is C17H32ClN3O4S. The molecule has 2 amide bonds. The molecule has 0 spiro atoms. The molecule has 0 aromatic rings. The summed E-state index contributed by atoms with van der Waals surface area (Å²) < 4.78 is 25.3. The minimum Gasteiger partial charge on any atom is -0.337 e. The molecule has 0 bridgehead atoms. The van der Waals surface area contributed by atoms with Gasteiger partial charge in [-0.05, 0) is 25.9 Å². The molecule has 3 atom stereocenters. The molecule has 2 aliphatic rings. The maximum atomic E-state index is 12.8. The van der Waals surface area contributed by atoms with E-state index >= 15 is 0 Å². The fourth-order valence-corrected chi connectivity index (χ4v) is 5.44. The van der Waals surface area contributed by atoms with E-state index in [9.17, 15) is 18.0 Å². The summed E-state index contributed by atoms with van der Waals surface area (Å²) in [6.07, 6.45) is 3.45. The zero-order valence-corrected chi connectivity index (χ0v) is 17.8. The van der Waals surface area contributed by atoms with E-state index in [1.54, 1.807) is 4.90 Å². The van der Waals surface area contributed by atoms with Crippen LogP contribution in [0.2, 0.25) is 0 Å². The van der Waals surface area contributed by atoms with Crippen molar-refractivity contribution in [1.82, 2.24) is 14.1 Å². The average molecular weight is 410 g/mol. The summed E-state index contributed by atoms with van der Waals surface area (Å²) in [6.45, 7) is 9.14. The minimum absolute atomic E-state index is 0. The average Bonchev–Trinajstić information content (AvgIpc) is 3.06. The van der Waals surface area contributed by atoms with Crippen molar-refractivity contribution in [3.05, 3.63) is 0 Å². The van der Waals surface area contributed by atoms with Crippen molar-refractivity contribution < 1.29 is 18.0 Å². The van der Waals surface area contributed by atoms with Crippen molar-refractivity contribution in [1.29, 1.82) is 0 Å². The lowest BCUT2D eigenvalue weighted by Gasteiger charge is -2.28. The molecule has 0 N–H and O–H groups in total. The summed E-state index contributed by atoms with van der Waals surface area (Å²) in [6, 6.07) is -0.692. The number of carbonyl (C=O) groups is 2. The molecule has 7 nitrogen and oxygen atoms in total. The molecule has 0 aromatic heterocycles. The van der Waals surface area contributed by atoms with E-state index in [-0.39, 0.29) is 30.3 Å². The van der Waals surface area contributed by atoms with Crippen LogP contribution in [0.25, 0.3) is 0 Å². The minimum atomic E-state index is -3.60. The Morgan fingerprint density at radius 1 is 1.23 bits per heavy atom. The number of hydrogen-bond donors (Lipinski definition) is 0. The number of nitrogens with zero attached hydrogens (tertiary/aromatic N) is 3. The first-order chi connectivity index (χ1) is 11.8. The lowest BCUT2D eigenvalue weighted by molar-refractivity contribution is -0.134. The molecule has 2 aliphatic heterocycles. The second-order valence-corrected chi connectivity index (χ2v) is 8.86. The molecule has 9 heteroatoms. The van der Waals surface area contributed by atoms with Gasteiger partial charge in [0.05, 0.1) is 24.3 Å². The standard InChI is InChI=1S/C17H31N3O4S.ClH/c1-5-8-13-16-14(20(17(13)22)25(4,23)24)9-12-19(16)15(21)10-11-18(6-2)7-3;/h13-14,16H,5-12H2,1-4H3;1H/t13-,14+,16-;/m1./s1. The Morgan fingerprint density at radius 2 is 1.85 bits per heavy atom. The van der Waals surface area contributed by atoms with Crippen LogP contribution in [0, 0.1) is 5.92 Å². The molecule has 2 fully saturated rings. The first-order valence-electron chi connectivity index (χ1n) is 9.31. The lowest BCUT2D eigenvalue weighted by atomic mass is 9.94. The zero-order valence-electron chi connectivity index (χ0n) is 16.2. The first-order valence-corrected chi connectivity index (χ1v) is 11.2. The normalized spacial score (nSPS) is 25.6. The van der Waals surface area contributed by atoms with Gasteiger partial charge in [-0.3, -0.25) is 9.59 Å². The maximum absolute atomic E-state index is 12.8. The number of fused-ring (bicyclic) bond motifs is 1. The summed E-state index contributed by atoms with van der Waals surface area (Å²) in [5, 5.41) is 0. The molecular weight excluding hydrogens is 378 g/mol. The highest BCUT2D eigenvalue weighted by molar-refractivity contribution is 7.88. The SMILES string of the molecule is CCC[C@H]1C(=O)N(S(C)(=O)=O)[C@H]2CCN(C(=O)CCN(CC)CC)[C@H]12.Cl. The third kappa shape index (κ3) is 4.51. The number of rotatable bonds is 8. The first kappa shape index (κ1) is 23.2. The highest BCUT2D eigenvalue weighted by atomic mass is 35.5. The second-order valence-electron chi connectivity index (χ2n) is 7.00. The van der Waals surface area contributed by atoms with E-state index in [1.165, 1.54) is 0 Å². The van der Waals surface area contributed by atoms with E-state index in [0.29, 0.717) is 32.4 Å². The Morgan fingerprint density at radius 3 is 2.35 bits per heavy atom. The van der Waals surface area contributed by atoms with Crippen molar-refractivity contribution in [3.63, 3.8) is 0 Å². The van der Waals surface area contributed by atoms with Crippen LogP contribution in [0.5, 0.6) is 0 Å². The second kappa shape index (κ2) is 9.37. The number of halogens is 1. The summed E-state index contributed by atoms with van der Waals surface area (Å²) in [5.74, 6) is -0.700. The fraction of sp³-hybridized carbons (Fsp3) is 0.882. The summed E-state index contributed by atoms with van der Waals surface area (Å²) in [5.41, 5.74) is 0. The van der Waals surface area contributed by atoms with Crippen LogP contribution in [0.4, 0.5) is 0 Å². The Kier molecular flexibility index (Phi) is 8.35. The highest BCUT2D eigenvalue weighted by Crippen LogP contribution is 2.40. The molecule has 2 saturated heterocycles. The predicted octanol–water partition coefficient (Wildman–Crippen LogP) is 1.33. The molecule has 0 aliphatic carbocycles. The molecule has 26 heavy (non-hydrogen) atoms. The van der Waals surface area contributed by atoms with Crippen LogP contribution in [-0.2, 0) is 19.6 Å². The monoisotopic (exact) mass is 409 g/mol. The largest absolute Gasteiger partial charge is 0.337 e. The molecule has 0 radical (unpaired) electrons. The van der Waals surface area contributed by atoms with Gasteiger partial charge in [0.15, 0.2) is 0 Å². The molecule has 2 rings (SSSR count). The van der Waals surface area contributed by atoms with Crippen LogP contribution in [0.15, 0.2) is 0 Å². The number of carbonyl (C=O) groups excluding carboxylic acids is 2. The van der Waals surface area contributed by atoms with Gasteiger partial charge in [-0.25, -0.2) is 12.7 Å². The summed E-state index contributed by atoms with van der Waals surface area (Å²) in [7, 11) is -3.60. The van der Waals surface area contributed by atoms with Gasteiger partial charge in [0, 0.05) is 19.5 Å². The van der Waals surface area contributed by atoms with Gasteiger partial charge in [0.1, 0.15) is 0 Å². The van der Waals surface area contributed by atoms with Crippen molar-refractivity contribution in [2.24, 2.45) is 5.92 Å². The summed E-state index contributed by atoms with van der Waals surface area (Å²) in [4.78, 5) is 29.4. The lowest BCUT2D eigenvalue weighted by Crippen LogP contribution is -2.44. The van der Waals surface area contributed by atoms with Crippen molar-refractivity contribution in [2.75, 3.05) is 32.4 Å². The van der Waals surface area contributed by atoms with Crippen molar-refractivity contribution in [3.8, 4) is 0 Å². The van der Waals surface area contributed by atoms with Crippen LogP contribution < -0.4 is 0 Å². The highest BCUT2D eigenvalue weighted by Gasteiger charge is 2.56. The van der Waals surface area contributed by atoms with E-state index in [1.807, 2.05) is 6.92 Å². The van der Waals surface area contributed by atoms with E-state index in [0.717, 1.165) is 30.1 Å². The van der Waals surface area contributed by atoms with Gasteiger partial charge in [0.2, 0.25) is 21.8 Å². The Labute approximate surface area is 163 Å². The van der Waals surface area contributed by atoms with Gasteiger partial charge in [-0.2, -0.15) is 0 Å². The Hall–Kier alpha value is -0.860. The van der Waals surface area contributed by atoms with Crippen molar-refractivity contribution in [2.45, 2.75) is 58.5 Å². The van der Waals surface area contributed by atoms with Gasteiger partial charge in [-0.1, -0.05) is 27.2 Å². The third-order valence-electron chi connectivity index (χ3n) is 5.48. The van der Waals surface area contributed by atoms with Gasteiger partial charge in [0.25, 0.3) is 0 Å². The van der Waals surface area contributed by atoms with E-state index < -0.39 is 22.0 Å². The smallest absolute Gasteiger partial charge is 0.241 e. The van der Waals surface area contributed by atoms with Crippen LogP contribution in [-0.4, -0.2) is 78.9 Å². The third-order valence-corrected chi connectivity index (χ3v) is 6.65. The number of hydrogen-bond acceptors (Lipinski definition) is 5. The number of amides is 2. The topological polar surface area (TPSA) is 78.0 Å². The quantitative estimate of drug-likeness (QED) is 0.604. The molecule has 152 valence electrons. The zero-order chi connectivity index (χ0) is 18.8. The van der Waals surface area contributed by atoms with Crippen molar-refractivity contribution >= 4 is 34.2 Å². The molecule has 2 heterocycles. The van der Waals surface area contributed by atoms with Crippen LogP contribution in [0.1, 0.15) is 46.5 Å². The van der Waals surface area contributed by atoms with Gasteiger partial charge < -0.3 is 9.80 Å². The predicted molar refractivity (Wildman–Crippen MR) is 104 cm³/mol. The fourth-order valence-electron chi connectivity index (χ4n) is 4.26. The maximum Gasteiger partial charge on any atom is 0.241 e. The van der Waals surface area contributed by atoms with Crippen LogP contribution >= 0.6 is 12.4 Å². The Bertz CT molecular complexity index is 609. The number of likely N-dealkylation sites (tertiary alicyclic amines) is 1. The molecule has 0 aromatic carbocycles. The van der Waals surface area contributed by atoms with E-state index in [2.05, 4.69) is 18.7 Å².